The normalized spacial score (nSPS) is 19.7. The van der Waals surface area contributed by atoms with Crippen molar-refractivity contribution in [2.45, 2.75) is 12.7 Å². The average Bonchev–Trinajstić information content (AvgIpc) is 3.19. The molecule has 7 nitrogen and oxygen atoms in total. The van der Waals surface area contributed by atoms with Gasteiger partial charge in [0.25, 0.3) is 5.70 Å². The monoisotopic (exact) mass is 340 g/mol. The molecule has 0 aromatic carbocycles. The Labute approximate surface area is 135 Å². The van der Waals surface area contributed by atoms with Crippen LogP contribution < -0.4 is 5.32 Å². The number of nitrogens with zero attached hydrogens (tertiary/aromatic N) is 3. The maximum absolute atomic E-state index is 11.4. The molecule has 1 aliphatic heterocycles. The lowest BCUT2D eigenvalue weighted by Crippen LogP contribution is -2.39. The standard InChI is InChI=1S/C13H13ClN4O3S/c14-13-16-7-10(22-13)8-17-4-3-15-12(17)11(18(19)20)6-9-2-1-5-21-9/h1-2,5-7,12,15H,3-4,8H2/b11-6-. The summed E-state index contributed by atoms with van der Waals surface area (Å²) >= 11 is 7.21. The van der Waals surface area contributed by atoms with E-state index in [1.807, 2.05) is 4.90 Å². The fraction of sp³-hybridized carbons (Fsp3) is 0.308. The summed E-state index contributed by atoms with van der Waals surface area (Å²) in [7, 11) is 0. The molecule has 1 unspecified atom stereocenters. The van der Waals surface area contributed by atoms with Gasteiger partial charge in [0.05, 0.1) is 17.3 Å². The molecule has 0 aliphatic carbocycles. The summed E-state index contributed by atoms with van der Waals surface area (Å²) in [5, 5.41) is 14.6. The van der Waals surface area contributed by atoms with Crippen molar-refractivity contribution in [2.24, 2.45) is 0 Å². The summed E-state index contributed by atoms with van der Waals surface area (Å²) in [5.74, 6) is 0.459. The number of hydrogen-bond acceptors (Lipinski definition) is 7. The molecule has 0 radical (unpaired) electrons. The van der Waals surface area contributed by atoms with Gasteiger partial charge in [-0.3, -0.25) is 20.3 Å². The van der Waals surface area contributed by atoms with E-state index in [9.17, 15) is 10.1 Å². The van der Waals surface area contributed by atoms with Crippen LogP contribution in [-0.2, 0) is 6.54 Å². The molecule has 0 spiro atoms. The minimum atomic E-state index is -0.471. The van der Waals surface area contributed by atoms with Crippen molar-refractivity contribution in [3.8, 4) is 0 Å². The zero-order chi connectivity index (χ0) is 15.5. The number of nitro groups is 1. The lowest BCUT2D eigenvalue weighted by molar-refractivity contribution is -0.431. The maximum atomic E-state index is 11.4. The lowest BCUT2D eigenvalue weighted by atomic mass is 10.2. The van der Waals surface area contributed by atoms with Crippen LogP contribution >= 0.6 is 22.9 Å². The van der Waals surface area contributed by atoms with Crippen LogP contribution in [0.2, 0.25) is 4.47 Å². The van der Waals surface area contributed by atoms with E-state index in [1.165, 1.54) is 23.7 Å². The van der Waals surface area contributed by atoms with Gasteiger partial charge in [-0.2, -0.15) is 0 Å². The van der Waals surface area contributed by atoms with Gasteiger partial charge in [0, 0.05) is 30.7 Å². The van der Waals surface area contributed by atoms with Crippen LogP contribution in [0.15, 0.2) is 34.7 Å². The summed E-state index contributed by atoms with van der Waals surface area (Å²) in [6.45, 7) is 1.95. The topological polar surface area (TPSA) is 84.4 Å². The summed E-state index contributed by atoms with van der Waals surface area (Å²) in [5.41, 5.74) is 0.0584. The van der Waals surface area contributed by atoms with E-state index >= 15 is 0 Å². The Morgan fingerprint density at radius 2 is 2.59 bits per heavy atom. The zero-order valence-electron chi connectivity index (χ0n) is 11.4. The lowest BCUT2D eigenvalue weighted by Gasteiger charge is -2.20. The molecule has 0 saturated carbocycles. The summed E-state index contributed by atoms with van der Waals surface area (Å²) in [4.78, 5) is 18.0. The third kappa shape index (κ3) is 3.36. The Kier molecular flexibility index (Phi) is 4.53. The van der Waals surface area contributed by atoms with E-state index in [4.69, 9.17) is 16.0 Å². The van der Waals surface area contributed by atoms with E-state index in [0.29, 0.717) is 29.9 Å². The molecular formula is C13H13ClN4O3S. The van der Waals surface area contributed by atoms with Gasteiger partial charge in [-0.05, 0) is 12.1 Å². The number of halogens is 1. The average molecular weight is 341 g/mol. The van der Waals surface area contributed by atoms with Gasteiger partial charge in [-0.25, -0.2) is 4.98 Å². The molecule has 116 valence electrons. The predicted molar refractivity (Wildman–Crippen MR) is 83.0 cm³/mol. The van der Waals surface area contributed by atoms with Gasteiger partial charge in [0.1, 0.15) is 5.76 Å². The molecule has 9 heteroatoms. The molecule has 1 atom stereocenters. The number of furan rings is 1. The van der Waals surface area contributed by atoms with E-state index in [2.05, 4.69) is 10.3 Å². The van der Waals surface area contributed by atoms with Crippen LogP contribution in [0.25, 0.3) is 6.08 Å². The van der Waals surface area contributed by atoms with Crippen molar-refractivity contribution in [2.75, 3.05) is 13.1 Å². The molecular weight excluding hydrogens is 328 g/mol. The Hall–Kier alpha value is -1.74. The second-order valence-electron chi connectivity index (χ2n) is 4.75. The van der Waals surface area contributed by atoms with Crippen molar-refractivity contribution in [3.05, 3.63) is 55.5 Å². The fourth-order valence-electron chi connectivity index (χ4n) is 2.37. The first kappa shape index (κ1) is 15.2. The number of nitrogens with one attached hydrogen (secondary N) is 1. The van der Waals surface area contributed by atoms with Gasteiger partial charge in [-0.15, -0.1) is 11.3 Å². The van der Waals surface area contributed by atoms with Crippen LogP contribution in [0.3, 0.4) is 0 Å². The molecule has 3 rings (SSSR count). The van der Waals surface area contributed by atoms with Crippen molar-refractivity contribution < 1.29 is 9.34 Å². The van der Waals surface area contributed by atoms with Gasteiger partial charge in [0.15, 0.2) is 10.6 Å². The summed E-state index contributed by atoms with van der Waals surface area (Å²) < 4.78 is 5.65. The second kappa shape index (κ2) is 6.57. The predicted octanol–water partition coefficient (Wildman–Crippen LogP) is 2.44. The molecule has 3 heterocycles. The molecule has 1 aliphatic rings. The SMILES string of the molecule is O=[N+]([O-])/C(=C\c1ccco1)C1NCCN1Cc1cnc(Cl)s1. The Morgan fingerprint density at radius 1 is 1.73 bits per heavy atom. The van der Waals surface area contributed by atoms with Crippen LogP contribution in [0.1, 0.15) is 10.6 Å². The van der Waals surface area contributed by atoms with Gasteiger partial charge in [-0.1, -0.05) is 11.6 Å². The third-order valence-corrected chi connectivity index (χ3v) is 4.41. The minimum Gasteiger partial charge on any atom is -0.465 e. The largest absolute Gasteiger partial charge is 0.465 e. The van der Waals surface area contributed by atoms with Gasteiger partial charge < -0.3 is 4.42 Å². The maximum Gasteiger partial charge on any atom is 0.281 e. The number of thiazole rings is 1. The van der Waals surface area contributed by atoms with Crippen LogP contribution in [0.5, 0.6) is 0 Å². The van der Waals surface area contributed by atoms with Crippen LogP contribution in [-0.4, -0.2) is 34.1 Å². The fourth-order valence-corrected chi connectivity index (χ4v) is 3.38. The summed E-state index contributed by atoms with van der Waals surface area (Å²) in [6, 6.07) is 3.38. The first-order chi connectivity index (χ1) is 10.6. The van der Waals surface area contributed by atoms with Gasteiger partial charge in [0.2, 0.25) is 0 Å². The Bertz CT molecular complexity index is 685. The first-order valence-electron chi connectivity index (χ1n) is 6.60. The molecule has 2 aromatic rings. The molecule has 22 heavy (non-hydrogen) atoms. The van der Waals surface area contributed by atoms with Crippen molar-refractivity contribution >= 4 is 29.0 Å². The minimum absolute atomic E-state index is 0.0584. The Morgan fingerprint density at radius 3 is 3.23 bits per heavy atom. The molecule has 1 N–H and O–H groups in total. The van der Waals surface area contributed by atoms with Gasteiger partial charge >= 0.3 is 0 Å². The highest BCUT2D eigenvalue weighted by atomic mass is 35.5. The highest BCUT2D eigenvalue weighted by Gasteiger charge is 2.35. The number of hydrogen-bond donors (Lipinski definition) is 1. The number of rotatable bonds is 5. The zero-order valence-corrected chi connectivity index (χ0v) is 13.0. The second-order valence-corrected chi connectivity index (χ2v) is 6.45. The van der Waals surface area contributed by atoms with E-state index < -0.39 is 6.17 Å². The van der Waals surface area contributed by atoms with Crippen molar-refractivity contribution in [1.29, 1.82) is 0 Å². The molecule has 1 fully saturated rings. The van der Waals surface area contributed by atoms with E-state index in [0.717, 1.165) is 4.88 Å². The quantitative estimate of drug-likeness (QED) is 0.664. The number of aromatic nitrogens is 1. The summed E-state index contributed by atoms with van der Waals surface area (Å²) in [6.07, 6.45) is 4.17. The molecule has 0 amide bonds. The van der Waals surface area contributed by atoms with E-state index in [1.54, 1.807) is 18.3 Å². The molecule has 0 bridgehead atoms. The first-order valence-corrected chi connectivity index (χ1v) is 7.80. The van der Waals surface area contributed by atoms with Crippen molar-refractivity contribution in [3.63, 3.8) is 0 Å². The third-order valence-electron chi connectivity index (χ3n) is 3.31. The van der Waals surface area contributed by atoms with Crippen LogP contribution in [0, 0.1) is 10.1 Å². The smallest absolute Gasteiger partial charge is 0.281 e. The Balaban J connectivity index is 1.82. The molecule has 2 aromatic heterocycles. The highest BCUT2D eigenvalue weighted by Crippen LogP contribution is 2.23. The van der Waals surface area contributed by atoms with Crippen LogP contribution in [0.4, 0.5) is 0 Å². The molecule has 1 saturated heterocycles. The van der Waals surface area contributed by atoms with E-state index in [-0.39, 0.29) is 10.6 Å². The highest BCUT2D eigenvalue weighted by molar-refractivity contribution is 7.15. The van der Waals surface area contributed by atoms with Crippen molar-refractivity contribution in [1.82, 2.24) is 15.2 Å².